The van der Waals surface area contributed by atoms with Gasteiger partial charge in [0.1, 0.15) is 21.5 Å². The van der Waals surface area contributed by atoms with E-state index in [4.69, 9.17) is 16.2 Å². The zero-order valence-corrected chi connectivity index (χ0v) is 34.7. The lowest BCUT2D eigenvalue weighted by molar-refractivity contribution is 0.284. The summed E-state index contributed by atoms with van der Waals surface area (Å²) < 4.78 is 157. The Kier molecular flexibility index (Phi) is 13.9. The van der Waals surface area contributed by atoms with Crippen LogP contribution in [0.15, 0.2) is 120 Å². The second-order valence-corrected chi connectivity index (χ2v) is 19.5. The van der Waals surface area contributed by atoms with Crippen LogP contribution in [-0.4, -0.2) is 99.2 Å². The highest BCUT2D eigenvalue weighted by molar-refractivity contribution is 8.19. The summed E-state index contributed by atoms with van der Waals surface area (Å²) in [6.07, 6.45) is 0. The number of anilines is 5. The first kappa shape index (κ1) is 46.6. The Morgan fingerprint density at radius 2 is 1.34 bits per heavy atom. The fraction of sp³-hybridized carbons (Fsp3) is 0.0667. The summed E-state index contributed by atoms with van der Waals surface area (Å²) in [6, 6.07) is 16.3. The molecular formula is C30H28ClN9O16S5. The van der Waals surface area contributed by atoms with Crippen LogP contribution in [0.3, 0.4) is 0 Å². The third-order valence-electron chi connectivity index (χ3n) is 7.36. The van der Waals surface area contributed by atoms with E-state index in [1.165, 1.54) is 42.5 Å². The number of rotatable bonds is 16. The van der Waals surface area contributed by atoms with Crippen molar-refractivity contribution in [2.75, 3.05) is 28.4 Å². The van der Waals surface area contributed by atoms with E-state index in [1.807, 2.05) is 0 Å². The molecule has 0 radical (unpaired) electrons. The summed E-state index contributed by atoms with van der Waals surface area (Å²) >= 11 is 6.08. The Morgan fingerprint density at radius 3 is 1.97 bits per heavy atom. The van der Waals surface area contributed by atoms with Crippen LogP contribution in [0.1, 0.15) is 5.56 Å². The summed E-state index contributed by atoms with van der Waals surface area (Å²) in [6.45, 7) is -0.883. The van der Waals surface area contributed by atoms with E-state index in [0.29, 0.717) is 6.07 Å². The third kappa shape index (κ3) is 13.0. The summed E-state index contributed by atoms with van der Waals surface area (Å²) in [5, 5.41) is 27.6. The highest BCUT2D eigenvalue weighted by atomic mass is 35.5. The Bertz CT molecular complexity index is 2990. The average Bonchev–Trinajstić information content (AvgIpc) is 3.14. The van der Waals surface area contributed by atoms with Crippen LogP contribution in [0.25, 0.3) is 0 Å². The molecule has 4 aromatic carbocycles. The second kappa shape index (κ2) is 18.2. The Hall–Kier alpha value is -5.48. The molecule has 0 aliphatic heterocycles. The number of amidine groups is 1. The van der Waals surface area contributed by atoms with E-state index in [0.717, 1.165) is 30.3 Å². The number of hydrogen-bond acceptors (Lipinski definition) is 21. The van der Waals surface area contributed by atoms with Crippen molar-refractivity contribution in [2.45, 2.75) is 19.6 Å². The van der Waals surface area contributed by atoms with Crippen LogP contribution in [-0.2, 0) is 44.7 Å². The minimum absolute atomic E-state index is 0.0561. The van der Waals surface area contributed by atoms with Crippen LogP contribution in [0, 0.1) is 0 Å². The Labute approximate surface area is 351 Å². The number of aromatic hydroxyl groups is 1. The molecule has 0 aliphatic rings. The molecule has 25 nitrogen and oxygen atoms in total. The van der Waals surface area contributed by atoms with Crippen LogP contribution in [0.2, 0.25) is 5.28 Å². The summed E-state index contributed by atoms with van der Waals surface area (Å²) in [5.41, 5.74) is 0.746. The highest BCUT2D eigenvalue weighted by Gasteiger charge is 2.23. The van der Waals surface area contributed by atoms with Crippen molar-refractivity contribution < 1.29 is 70.3 Å². The maximum atomic E-state index is 12.7. The predicted octanol–water partition coefficient (Wildman–Crippen LogP) is 4.94. The zero-order chi connectivity index (χ0) is 45.0. The van der Waals surface area contributed by atoms with E-state index >= 15 is 0 Å². The molecule has 326 valence electrons. The molecule has 0 spiro atoms. The van der Waals surface area contributed by atoms with E-state index < -0.39 is 118 Å². The predicted molar refractivity (Wildman–Crippen MR) is 216 cm³/mol. The first-order chi connectivity index (χ1) is 28.3. The molecule has 0 amide bonds. The standard InChI is InChI=1S/C30H28ClN9O16S5/c31-28-34-29(32-18-7-4-8-19(13-18)57(42,43)12-11-56-61(53,54)55)36-30(35-28)33-23-15-21(59(47,48)49)16-24(26(23)41)38-40-27(17-5-2-1-3-6-17)39-37-22-14-20(58(44,45)46)9-10-25(22)60(50,51)52/h1-10,13-16,37,41,44-46H,11-12H2,(H,47,48,49)(H,50,51,52)(H,53,54,55)(H2,32,33,34,35,36). The SMILES string of the molecule is O=S(=O)(O)OCCS(=O)(=O)c1cccc(Nc2nc(Cl)nc(Nc3cc(S(=O)(=O)O)cc(N=NC(=NNc4cc(S(O)(O)O)ccc4S(=O)(=O)O)c4ccccc4)c3O)n2)c1. The lowest BCUT2D eigenvalue weighted by Crippen LogP contribution is -2.15. The van der Waals surface area contributed by atoms with Gasteiger partial charge in [0.2, 0.25) is 23.0 Å². The van der Waals surface area contributed by atoms with Gasteiger partial charge >= 0.3 is 10.4 Å². The Morgan fingerprint density at radius 1 is 0.689 bits per heavy atom. The van der Waals surface area contributed by atoms with Crippen molar-refractivity contribution in [3.63, 3.8) is 0 Å². The van der Waals surface area contributed by atoms with Gasteiger partial charge in [-0.3, -0.25) is 19.1 Å². The van der Waals surface area contributed by atoms with Crippen molar-refractivity contribution in [3.8, 4) is 5.75 Å². The van der Waals surface area contributed by atoms with Gasteiger partial charge in [0.25, 0.3) is 20.2 Å². The fourth-order valence-corrected chi connectivity index (χ4v) is 8.06. The van der Waals surface area contributed by atoms with Gasteiger partial charge in [-0.15, -0.1) is 10.2 Å². The first-order valence-electron chi connectivity index (χ1n) is 16.0. The maximum absolute atomic E-state index is 12.7. The molecule has 0 atom stereocenters. The number of hydrazone groups is 1. The van der Waals surface area contributed by atoms with Gasteiger partial charge in [-0.2, -0.15) is 45.3 Å². The molecule has 10 N–H and O–H groups in total. The van der Waals surface area contributed by atoms with Gasteiger partial charge < -0.3 is 29.4 Å². The number of hydrogen-bond donors (Lipinski definition) is 10. The number of sulfone groups is 1. The van der Waals surface area contributed by atoms with Crippen molar-refractivity contribution >= 4 is 103 Å². The van der Waals surface area contributed by atoms with Crippen LogP contribution < -0.4 is 16.1 Å². The molecule has 5 aromatic rings. The number of nitrogens with zero attached hydrogens (tertiary/aromatic N) is 6. The van der Waals surface area contributed by atoms with Crippen LogP contribution in [0.4, 0.5) is 34.6 Å². The molecule has 31 heteroatoms. The molecule has 0 aliphatic carbocycles. The number of phenols is 1. The van der Waals surface area contributed by atoms with Gasteiger partial charge in [0.05, 0.1) is 38.4 Å². The number of aromatic nitrogens is 3. The topological polar surface area (TPSA) is 399 Å². The smallest absolute Gasteiger partial charge is 0.397 e. The van der Waals surface area contributed by atoms with E-state index in [-0.39, 0.29) is 22.1 Å². The van der Waals surface area contributed by atoms with Gasteiger partial charge in [-0.1, -0.05) is 36.4 Å². The summed E-state index contributed by atoms with van der Waals surface area (Å²) in [4.78, 5) is 9.26. The minimum Gasteiger partial charge on any atom is -0.504 e. The van der Waals surface area contributed by atoms with Crippen LogP contribution >= 0.6 is 22.5 Å². The monoisotopic (exact) mass is 965 g/mol. The molecule has 5 rings (SSSR count). The number of phenolic OH excluding ortho intramolecular Hbond substituents is 1. The van der Waals surface area contributed by atoms with Crippen molar-refractivity contribution in [1.82, 2.24) is 15.0 Å². The first-order valence-corrected chi connectivity index (χ1v) is 23.7. The molecule has 0 bridgehead atoms. The lowest BCUT2D eigenvalue weighted by Gasteiger charge is -2.20. The molecule has 61 heavy (non-hydrogen) atoms. The normalized spacial score (nSPS) is 13.3. The lowest BCUT2D eigenvalue weighted by atomic mass is 10.2. The number of nitrogens with one attached hydrogen (secondary N) is 3. The van der Waals surface area contributed by atoms with Gasteiger partial charge in [-0.25, -0.2) is 12.6 Å². The van der Waals surface area contributed by atoms with Crippen molar-refractivity contribution in [1.29, 1.82) is 0 Å². The third-order valence-corrected chi connectivity index (χ3v) is 12.3. The molecular weight excluding hydrogens is 938 g/mol. The zero-order valence-electron chi connectivity index (χ0n) is 29.9. The fourth-order valence-electron chi connectivity index (χ4n) is 4.70. The van der Waals surface area contributed by atoms with E-state index in [9.17, 15) is 61.5 Å². The van der Waals surface area contributed by atoms with Crippen molar-refractivity contribution in [3.05, 3.63) is 95.8 Å². The van der Waals surface area contributed by atoms with Gasteiger partial charge in [-0.05, 0) is 60.1 Å². The van der Waals surface area contributed by atoms with E-state index in [1.54, 1.807) is 6.07 Å². The van der Waals surface area contributed by atoms with Crippen molar-refractivity contribution in [2.24, 2.45) is 15.3 Å². The summed E-state index contributed by atoms with van der Waals surface area (Å²) in [7, 11) is -23.4. The summed E-state index contributed by atoms with van der Waals surface area (Å²) in [5.74, 6) is -2.88. The van der Waals surface area contributed by atoms with Gasteiger partial charge in [0.15, 0.2) is 15.6 Å². The second-order valence-electron chi connectivity index (χ2n) is 11.7. The molecule has 0 unspecified atom stereocenters. The maximum Gasteiger partial charge on any atom is 0.397 e. The molecule has 0 saturated heterocycles. The molecule has 1 aromatic heterocycles. The molecule has 1 heterocycles. The minimum atomic E-state index is -5.04. The number of benzene rings is 4. The van der Waals surface area contributed by atoms with E-state index in [2.05, 4.69) is 50.5 Å². The van der Waals surface area contributed by atoms with Gasteiger partial charge in [0, 0.05) is 11.3 Å². The number of halogens is 1. The Balaban J connectivity index is 1.49. The quantitative estimate of drug-likeness (QED) is 0.0156. The number of azo groups is 1. The highest BCUT2D eigenvalue weighted by Crippen LogP contribution is 2.45. The largest absolute Gasteiger partial charge is 0.504 e. The molecule has 0 saturated carbocycles. The molecule has 0 fully saturated rings. The van der Waals surface area contributed by atoms with Crippen LogP contribution in [0.5, 0.6) is 5.75 Å². The average molecular weight is 966 g/mol.